The molecular formula is C18H14Cl2N2O3. The molecule has 0 unspecified atom stereocenters. The van der Waals surface area contributed by atoms with Gasteiger partial charge in [0.2, 0.25) is 0 Å². The van der Waals surface area contributed by atoms with Gasteiger partial charge < -0.3 is 14.8 Å². The van der Waals surface area contributed by atoms with Gasteiger partial charge in [0.15, 0.2) is 11.5 Å². The summed E-state index contributed by atoms with van der Waals surface area (Å²) in [6, 6.07) is 11.6. The van der Waals surface area contributed by atoms with Crippen LogP contribution in [0.4, 0.5) is 5.69 Å². The van der Waals surface area contributed by atoms with Crippen molar-refractivity contribution in [3.05, 3.63) is 57.6 Å². The minimum Gasteiger partial charge on any atom is -0.493 e. The Bertz CT molecular complexity index is 873. The Morgan fingerprint density at radius 2 is 1.84 bits per heavy atom. The maximum atomic E-state index is 12.3. The van der Waals surface area contributed by atoms with Crippen LogP contribution in [0.2, 0.25) is 10.0 Å². The molecule has 0 saturated heterocycles. The molecule has 1 amide bonds. The van der Waals surface area contributed by atoms with E-state index >= 15 is 0 Å². The van der Waals surface area contributed by atoms with Gasteiger partial charge in [0, 0.05) is 16.8 Å². The number of nitrogens with zero attached hydrogens (tertiary/aromatic N) is 1. The summed E-state index contributed by atoms with van der Waals surface area (Å²) in [7, 11) is 2.97. The highest BCUT2D eigenvalue weighted by Crippen LogP contribution is 2.34. The van der Waals surface area contributed by atoms with Gasteiger partial charge in [-0.25, -0.2) is 0 Å². The Morgan fingerprint density at radius 1 is 1.16 bits per heavy atom. The summed E-state index contributed by atoms with van der Waals surface area (Å²) in [4.78, 5) is 12.3. The smallest absolute Gasteiger partial charge is 0.266 e. The highest BCUT2D eigenvalue weighted by Gasteiger charge is 2.13. The van der Waals surface area contributed by atoms with E-state index in [4.69, 9.17) is 32.7 Å². The summed E-state index contributed by atoms with van der Waals surface area (Å²) < 4.78 is 10.4. The summed E-state index contributed by atoms with van der Waals surface area (Å²) >= 11 is 12.1. The van der Waals surface area contributed by atoms with E-state index in [2.05, 4.69) is 5.32 Å². The lowest BCUT2D eigenvalue weighted by molar-refractivity contribution is -0.112. The van der Waals surface area contributed by atoms with Crippen LogP contribution in [0, 0.1) is 11.3 Å². The number of methoxy groups -OCH3 is 2. The first kappa shape index (κ1) is 18.7. The fourth-order valence-electron chi connectivity index (χ4n) is 2.05. The van der Waals surface area contributed by atoms with E-state index in [9.17, 15) is 10.1 Å². The molecule has 0 heterocycles. The standard InChI is InChI=1S/C18H14Cl2N2O3/c1-24-16-7-11(15(20)9-17(16)25-2)6-12(10-21)18(23)22-14-5-3-4-13(19)8-14/h3-9H,1-2H3,(H,22,23)/b12-6+. The minimum absolute atomic E-state index is 0.117. The first-order chi connectivity index (χ1) is 12.0. The second-order valence-electron chi connectivity index (χ2n) is 4.86. The van der Waals surface area contributed by atoms with Crippen LogP contribution in [0.15, 0.2) is 42.0 Å². The van der Waals surface area contributed by atoms with Crippen LogP contribution in [0.3, 0.4) is 0 Å². The Balaban J connectivity index is 2.34. The Labute approximate surface area is 155 Å². The highest BCUT2D eigenvalue weighted by atomic mass is 35.5. The zero-order chi connectivity index (χ0) is 18.4. The number of halogens is 2. The topological polar surface area (TPSA) is 71.3 Å². The zero-order valence-corrected chi connectivity index (χ0v) is 15.0. The number of carbonyl (C=O) groups excluding carboxylic acids is 1. The summed E-state index contributed by atoms with van der Waals surface area (Å²) in [6.07, 6.45) is 1.38. The average molecular weight is 377 g/mol. The molecular weight excluding hydrogens is 363 g/mol. The van der Waals surface area contributed by atoms with Gasteiger partial charge in [-0.1, -0.05) is 29.3 Å². The third-order valence-electron chi connectivity index (χ3n) is 3.25. The fourth-order valence-corrected chi connectivity index (χ4v) is 2.45. The largest absolute Gasteiger partial charge is 0.493 e. The first-order valence-corrected chi connectivity index (χ1v) is 7.84. The summed E-state index contributed by atoms with van der Waals surface area (Å²) in [5.41, 5.74) is 0.822. The average Bonchev–Trinajstić information content (AvgIpc) is 2.60. The van der Waals surface area contributed by atoms with Crippen LogP contribution in [-0.4, -0.2) is 20.1 Å². The summed E-state index contributed by atoms with van der Waals surface area (Å²) in [5.74, 6) is 0.313. The molecule has 2 aromatic carbocycles. The van der Waals surface area contributed by atoms with Gasteiger partial charge in [0.25, 0.3) is 5.91 Å². The molecule has 25 heavy (non-hydrogen) atoms. The van der Waals surface area contributed by atoms with Gasteiger partial charge in [-0.05, 0) is 35.9 Å². The molecule has 0 aliphatic carbocycles. The number of nitriles is 1. The Morgan fingerprint density at radius 3 is 2.44 bits per heavy atom. The van der Waals surface area contributed by atoms with Crippen molar-refractivity contribution >= 4 is 40.9 Å². The van der Waals surface area contributed by atoms with Gasteiger partial charge in [-0.3, -0.25) is 4.79 Å². The van der Waals surface area contributed by atoms with E-state index in [1.807, 2.05) is 6.07 Å². The number of hydrogen-bond acceptors (Lipinski definition) is 4. The van der Waals surface area contributed by atoms with Gasteiger partial charge in [-0.2, -0.15) is 5.26 Å². The van der Waals surface area contributed by atoms with Crippen molar-refractivity contribution in [1.29, 1.82) is 5.26 Å². The van der Waals surface area contributed by atoms with Crippen LogP contribution in [0.25, 0.3) is 6.08 Å². The van der Waals surface area contributed by atoms with E-state index in [1.165, 1.54) is 20.3 Å². The first-order valence-electron chi connectivity index (χ1n) is 7.08. The zero-order valence-electron chi connectivity index (χ0n) is 13.5. The summed E-state index contributed by atoms with van der Waals surface area (Å²) in [5, 5.41) is 12.7. The van der Waals surface area contributed by atoms with Gasteiger partial charge in [0.05, 0.1) is 19.2 Å². The molecule has 0 fully saturated rings. The fraction of sp³-hybridized carbons (Fsp3) is 0.111. The molecule has 0 aliphatic heterocycles. The Hall–Kier alpha value is -2.68. The molecule has 0 atom stereocenters. The molecule has 0 bridgehead atoms. The maximum absolute atomic E-state index is 12.3. The molecule has 0 aliphatic rings. The molecule has 0 aromatic heterocycles. The van der Waals surface area contributed by atoms with Gasteiger partial charge in [-0.15, -0.1) is 0 Å². The predicted molar refractivity (Wildman–Crippen MR) is 98.2 cm³/mol. The molecule has 2 rings (SSSR count). The lowest BCUT2D eigenvalue weighted by Gasteiger charge is -2.10. The number of amides is 1. The third-order valence-corrected chi connectivity index (χ3v) is 3.81. The molecule has 0 spiro atoms. The second-order valence-corrected chi connectivity index (χ2v) is 5.71. The normalized spacial score (nSPS) is 10.8. The maximum Gasteiger partial charge on any atom is 0.266 e. The number of ether oxygens (including phenoxy) is 2. The van der Waals surface area contributed by atoms with E-state index in [0.717, 1.165) is 0 Å². The van der Waals surface area contributed by atoms with E-state index in [0.29, 0.717) is 32.8 Å². The van der Waals surface area contributed by atoms with Crippen LogP contribution in [-0.2, 0) is 4.79 Å². The number of rotatable bonds is 5. The minimum atomic E-state index is -0.574. The third kappa shape index (κ3) is 4.66. The number of benzene rings is 2. The van der Waals surface area contributed by atoms with Crippen molar-refractivity contribution in [2.45, 2.75) is 0 Å². The molecule has 128 valence electrons. The quantitative estimate of drug-likeness (QED) is 0.613. The van der Waals surface area contributed by atoms with Gasteiger partial charge in [0.1, 0.15) is 11.6 Å². The van der Waals surface area contributed by atoms with Crippen LogP contribution < -0.4 is 14.8 Å². The summed E-state index contributed by atoms with van der Waals surface area (Å²) in [6.45, 7) is 0. The molecule has 5 nitrogen and oxygen atoms in total. The van der Waals surface area contributed by atoms with Crippen LogP contribution in [0.1, 0.15) is 5.56 Å². The molecule has 0 saturated carbocycles. The lowest BCUT2D eigenvalue weighted by Crippen LogP contribution is -2.13. The number of anilines is 1. The van der Waals surface area contributed by atoms with Gasteiger partial charge >= 0.3 is 0 Å². The molecule has 7 heteroatoms. The predicted octanol–water partition coefficient (Wildman–Crippen LogP) is 4.56. The van der Waals surface area contributed by atoms with Crippen molar-refractivity contribution in [1.82, 2.24) is 0 Å². The second kappa shape index (κ2) is 8.43. The van der Waals surface area contributed by atoms with E-state index in [1.54, 1.807) is 36.4 Å². The lowest BCUT2D eigenvalue weighted by atomic mass is 10.1. The Kier molecular flexibility index (Phi) is 6.29. The molecule has 0 radical (unpaired) electrons. The van der Waals surface area contributed by atoms with E-state index in [-0.39, 0.29) is 5.57 Å². The molecule has 1 N–H and O–H groups in total. The van der Waals surface area contributed by atoms with Crippen LogP contribution in [0.5, 0.6) is 11.5 Å². The highest BCUT2D eigenvalue weighted by molar-refractivity contribution is 6.32. The van der Waals surface area contributed by atoms with Crippen molar-refractivity contribution in [2.75, 3.05) is 19.5 Å². The SMILES string of the molecule is COc1cc(Cl)c(/C=C(\C#N)C(=O)Nc2cccc(Cl)c2)cc1OC. The van der Waals surface area contributed by atoms with Crippen LogP contribution >= 0.6 is 23.2 Å². The number of hydrogen-bond donors (Lipinski definition) is 1. The molecule has 2 aromatic rings. The van der Waals surface area contributed by atoms with Crippen molar-refractivity contribution in [3.63, 3.8) is 0 Å². The van der Waals surface area contributed by atoms with Crippen molar-refractivity contribution in [3.8, 4) is 17.6 Å². The van der Waals surface area contributed by atoms with E-state index < -0.39 is 5.91 Å². The number of carbonyl (C=O) groups is 1. The monoisotopic (exact) mass is 376 g/mol. The number of nitrogens with one attached hydrogen (secondary N) is 1. The van der Waals surface area contributed by atoms with Crippen molar-refractivity contribution in [2.24, 2.45) is 0 Å². The van der Waals surface area contributed by atoms with Crippen molar-refractivity contribution < 1.29 is 14.3 Å².